The first-order valence-corrected chi connectivity index (χ1v) is 5.51. The van der Waals surface area contributed by atoms with Crippen molar-refractivity contribution in [2.24, 2.45) is 0 Å². The Morgan fingerprint density at radius 3 is 3.00 bits per heavy atom. The lowest BCUT2D eigenvalue weighted by Gasteiger charge is -2.35. The standard InChI is InChI=1S/C11H12N2O4/c1-6-12-7-4-16-5-11(9(7)17-6)3-2-8(14)13-10(11)15/h2-5H2,1H3,(H,13,14,15). The molecule has 1 atom stereocenters. The summed E-state index contributed by atoms with van der Waals surface area (Å²) in [5.74, 6) is 0.491. The Balaban J connectivity index is 2.09. The molecule has 0 aliphatic carbocycles. The zero-order valence-corrected chi connectivity index (χ0v) is 9.41. The Morgan fingerprint density at radius 2 is 2.24 bits per heavy atom. The number of piperidine rings is 1. The number of aryl methyl sites for hydroxylation is 1. The van der Waals surface area contributed by atoms with Crippen LogP contribution < -0.4 is 5.32 Å². The van der Waals surface area contributed by atoms with Gasteiger partial charge in [-0.05, 0) is 6.42 Å². The number of hydrogen-bond acceptors (Lipinski definition) is 5. The number of hydrogen-bond donors (Lipinski definition) is 1. The average molecular weight is 236 g/mol. The van der Waals surface area contributed by atoms with E-state index in [1.54, 1.807) is 6.92 Å². The number of carbonyl (C=O) groups is 2. The van der Waals surface area contributed by atoms with Crippen LogP contribution in [0.25, 0.3) is 0 Å². The summed E-state index contributed by atoms with van der Waals surface area (Å²) in [5, 5.41) is 2.34. The summed E-state index contributed by atoms with van der Waals surface area (Å²) >= 11 is 0. The van der Waals surface area contributed by atoms with Crippen molar-refractivity contribution in [3.05, 3.63) is 17.3 Å². The Bertz CT molecular complexity index is 508. The van der Waals surface area contributed by atoms with Gasteiger partial charge in [0.1, 0.15) is 16.9 Å². The van der Waals surface area contributed by atoms with E-state index >= 15 is 0 Å². The minimum absolute atomic E-state index is 0.244. The van der Waals surface area contributed by atoms with Crippen LogP contribution in [0.1, 0.15) is 30.2 Å². The number of ether oxygens (including phenoxy) is 1. The molecule has 6 nitrogen and oxygen atoms in total. The minimum Gasteiger partial charge on any atom is -0.444 e. The van der Waals surface area contributed by atoms with Crippen LogP contribution in [0.5, 0.6) is 0 Å². The lowest BCUT2D eigenvalue weighted by Crippen LogP contribution is -2.55. The van der Waals surface area contributed by atoms with Gasteiger partial charge < -0.3 is 9.15 Å². The van der Waals surface area contributed by atoms with E-state index in [1.165, 1.54) is 0 Å². The molecule has 1 N–H and O–H groups in total. The van der Waals surface area contributed by atoms with Crippen molar-refractivity contribution in [3.8, 4) is 0 Å². The van der Waals surface area contributed by atoms with Gasteiger partial charge in [0.15, 0.2) is 5.89 Å². The van der Waals surface area contributed by atoms with E-state index in [-0.39, 0.29) is 18.4 Å². The molecule has 90 valence electrons. The van der Waals surface area contributed by atoms with Gasteiger partial charge in [0.25, 0.3) is 0 Å². The van der Waals surface area contributed by atoms with Crippen LogP contribution >= 0.6 is 0 Å². The summed E-state index contributed by atoms with van der Waals surface area (Å²) in [7, 11) is 0. The van der Waals surface area contributed by atoms with Gasteiger partial charge in [0.05, 0.1) is 13.2 Å². The molecule has 1 aromatic heterocycles. The molecule has 0 bridgehead atoms. The largest absolute Gasteiger partial charge is 0.444 e. The highest BCUT2D eigenvalue weighted by Gasteiger charge is 2.51. The summed E-state index contributed by atoms with van der Waals surface area (Å²) in [6, 6.07) is 0. The molecule has 1 fully saturated rings. The van der Waals surface area contributed by atoms with Gasteiger partial charge in [-0.15, -0.1) is 0 Å². The van der Waals surface area contributed by atoms with Crippen molar-refractivity contribution in [1.82, 2.24) is 10.3 Å². The quantitative estimate of drug-likeness (QED) is 0.650. The second-order valence-electron chi connectivity index (χ2n) is 4.46. The van der Waals surface area contributed by atoms with Gasteiger partial charge in [0, 0.05) is 13.3 Å². The van der Waals surface area contributed by atoms with Crippen LogP contribution in [0.3, 0.4) is 0 Å². The zero-order valence-electron chi connectivity index (χ0n) is 9.41. The molecule has 3 rings (SSSR count). The molecular formula is C11H12N2O4. The minimum atomic E-state index is -0.872. The molecule has 0 aromatic carbocycles. The highest BCUT2D eigenvalue weighted by molar-refractivity contribution is 6.03. The molecule has 2 aliphatic rings. The Labute approximate surface area is 97.3 Å². The highest BCUT2D eigenvalue weighted by atomic mass is 16.5. The van der Waals surface area contributed by atoms with E-state index in [1.807, 2.05) is 0 Å². The topological polar surface area (TPSA) is 81.4 Å². The number of nitrogens with one attached hydrogen (secondary N) is 1. The number of rotatable bonds is 0. The van der Waals surface area contributed by atoms with Gasteiger partial charge in [-0.1, -0.05) is 0 Å². The molecule has 6 heteroatoms. The summed E-state index contributed by atoms with van der Waals surface area (Å²) < 4.78 is 11.0. The third-order valence-corrected chi connectivity index (χ3v) is 3.29. The highest BCUT2D eigenvalue weighted by Crippen LogP contribution is 2.38. The Morgan fingerprint density at radius 1 is 1.41 bits per heavy atom. The van der Waals surface area contributed by atoms with Gasteiger partial charge in [-0.2, -0.15) is 0 Å². The summed E-state index contributed by atoms with van der Waals surface area (Å²) in [6.45, 7) is 2.33. The van der Waals surface area contributed by atoms with Crippen LogP contribution in [-0.2, 0) is 26.3 Å². The van der Waals surface area contributed by atoms with Crippen molar-refractivity contribution in [2.75, 3.05) is 6.61 Å². The summed E-state index contributed by atoms with van der Waals surface area (Å²) in [4.78, 5) is 27.4. The SMILES string of the molecule is Cc1nc2c(o1)C1(CCC(=O)NC1=O)COC2. The first-order chi connectivity index (χ1) is 8.12. The van der Waals surface area contributed by atoms with Gasteiger partial charge in [-0.25, -0.2) is 4.98 Å². The molecule has 17 heavy (non-hydrogen) atoms. The smallest absolute Gasteiger partial charge is 0.242 e. The number of nitrogens with zero attached hydrogens (tertiary/aromatic N) is 1. The van der Waals surface area contributed by atoms with E-state index in [0.29, 0.717) is 36.8 Å². The average Bonchev–Trinajstić information content (AvgIpc) is 2.66. The van der Waals surface area contributed by atoms with Gasteiger partial charge >= 0.3 is 0 Å². The first kappa shape index (κ1) is 10.5. The van der Waals surface area contributed by atoms with E-state index in [2.05, 4.69) is 10.3 Å². The van der Waals surface area contributed by atoms with Crippen LogP contribution in [-0.4, -0.2) is 23.4 Å². The monoisotopic (exact) mass is 236 g/mol. The number of imide groups is 1. The van der Waals surface area contributed by atoms with Crippen molar-refractivity contribution in [2.45, 2.75) is 31.8 Å². The Hall–Kier alpha value is -1.69. The first-order valence-electron chi connectivity index (χ1n) is 5.51. The predicted molar refractivity (Wildman–Crippen MR) is 55.0 cm³/mol. The van der Waals surface area contributed by atoms with E-state index < -0.39 is 5.41 Å². The van der Waals surface area contributed by atoms with Crippen molar-refractivity contribution in [1.29, 1.82) is 0 Å². The van der Waals surface area contributed by atoms with Crippen LogP contribution in [0, 0.1) is 6.92 Å². The number of aromatic nitrogens is 1. The molecule has 0 saturated carbocycles. The maximum Gasteiger partial charge on any atom is 0.242 e. The number of oxazole rings is 1. The van der Waals surface area contributed by atoms with Crippen LogP contribution in [0.4, 0.5) is 0 Å². The van der Waals surface area contributed by atoms with Crippen molar-refractivity contribution < 1.29 is 18.7 Å². The molecule has 2 amide bonds. The molecule has 2 aliphatic heterocycles. The molecule has 0 radical (unpaired) electrons. The third kappa shape index (κ3) is 1.40. The fraction of sp³-hybridized carbons (Fsp3) is 0.545. The normalized spacial score (nSPS) is 28.1. The van der Waals surface area contributed by atoms with Crippen LogP contribution in [0.2, 0.25) is 0 Å². The second-order valence-corrected chi connectivity index (χ2v) is 4.46. The Kier molecular flexibility index (Phi) is 2.09. The van der Waals surface area contributed by atoms with E-state index in [9.17, 15) is 9.59 Å². The van der Waals surface area contributed by atoms with Crippen molar-refractivity contribution in [3.63, 3.8) is 0 Å². The number of fused-ring (bicyclic) bond motifs is 2. The maximum absolute atomic E-state index is 12.1. The maximum atomic E-state index is 12.1. The molecule has 3 heterocycles. The second kappa shape index (κ2) is 3.40. The lowest BCUT2D eigenvalue weighted by molar-refractivity contribution is -0.142. The molecule has 1 spiro atoms. The zero-order chi connectivity index (χ0) is 12.0. The van der Waals surface area contributed by atoms with Gasteiger partial charge in [-0.3, -0.25) is 14.9 Å². The van der Waals surface area contributed by atoms with E-state index in [0.717, 1.165) is 0 Å². The fourth-order valence-electron chi connectivity index (χ4n) is 2.43. The van der Waals surface area contributed by atoms with Crippen molar-refractivity contribution >= 4 is 11.8 Å². The third-order valence-electron chi connectivity index (χ3n) is 3.29. The number of carbonyl (C=O) groups excluding carboxylic acids is 2. The van der Waals surface area contributed by atoms with E-state index in [4.69, 9.17) is 9.15 Å². The molecular weight excluding hydrogens is 224 g/mol. The molecule has 1 aromatic rings. The number of amides is 2. The summed E-state index contributed by atoms with van der Waals surface area (Å²) in [5.41, 5.74) is -0.207. The molecule has 1 saturated heterocycles. The molecule has 1 unspecified atom stereocenters. The summed E-state index contributed by atoms with van der Waals surface area (Å²) in [6.07, 6.45) is 0.716. The van der Waals surface area contributed by atoms with Gasteiger partial charge in [0.2, 0.25) is 11.8 Å². The predicted octanol–water partition coefficient (Wildman–Crippen LogP) is 0.188. The van der Waals surface area contributed by atoms with Crippen LogP contribution in [0.15, 0.2) is 4.42 Å². The fourth-order valence-corrected chi connectivity index (χ4v) is 2.43. The lowest BCUT2D eigenvalue weighted by atomic mass is 9.76.